The minimum atomic E-state index is -3.76. The lowest BCUT2D eigenvalue weighted by atomic mass is 10.1. The normalized spacial score (nSPS) is 20.2. The van der Waals surface area contributed by atoms with Gasteiger partial charge in [-0.05, 0) is 31.0 Å². The van der Waals surface area contributed by atoms with Crippen molar-refractivity contribution in [3.05, 3.63) is 41.7 Å². The van der Waals surface area contributed by atoms with Crippen LogP contribution in [0.5, 0.6) is 0 Å². The van der Waals surface area contributed by atoms with Crippen molar-refractivity contribution in [2.24, 2.45) is 0 Å². The number of hydrogen-bond acceptors (Lipinski definition) is 4. The van der Waals surface area contributed by atoms with Crippen LogP contribution in [0, 0.1) is 5.82 Å². The molecule has 0 aliphatic carbocycles. The lowest BCUT2D eigenvalue weighted by Crippen LogP contribution is -2.40. The van der Waals surface area contributed by atoms with E-state index in [-0.39, 0.29) is 16.0 Å². The third kappa shape index (κ3) is 2.86. The van der Waals surface area contributed by atoms with E-state index in [4.69, 9.17) is 11.6 Å². The van der Waals surface area contributed by atoms with Gasteiger partial charge >= 0.3 is 0 Å². The largest absolute Gasteiger partial charge is 0.249 e. The molecule has 0 N–H and O–H groups in total. The topological polar surface area (TPSA) is 68.1 Å². The van der Waals surface area contributed by atoms with Crippen molar-refractivity contribution in [2.75, 3.05) is 13.1 Å². The summed E-state index contributed by atoms with van der Waals surface area (Å²) in [4.78, 5) is 3.81. The molecular formula is C13H14ClFN4O2S. The molecule has 6 nitrogen and oxygen atoms in total. The SMILES string of the molecule is O=S(=O)(c1ccc(F)cc1Cl)N1CCCC(n2cncn2)C1. The second kappa shape index (κ2) is 5.94. The van der Waals surface area contributed by atoms with Crippen LogP contribution in [-0.2, 0) is 10.0 Å². The van der Waals surface area contributed by atoms with E-state index in [1.54, 1.807) is 11.0 Å². The van der Waals surface area contributed by atoms with E-state index in [1.807, 2.05) is 0 Å². The molecule has 118 valence electrons. The summed E-state index contributed by atoms with van der Waals surface area (Å²) in [5.41, 5.74) is 0. The highest BCUT2D eigenvalue weighted by Crippen LogP contribution is 2.29. The second-order valence-corrected chi connectivity index (χ2v) is 7.42. The molecule has 22 heavy (non-hydrogen) atoms. The Bertz CT molecular complexity index is 766. The third-order valence-electron chi connectivity index (χ3n) is 3.68. The van der Waals surface area contributed by atoms with Gasteiger partial charge < -0.3 is 0 Å². The summed E-state index contributed by atoms with van der Waals surface area (Å²) in [7, 11) is -3.76. The molecular weight excluding hydrogens is 331 g/mol. The Morgan fingerprint density at radius 1 is 1.36 bits per heavy atom. The first-order chi connectivity index (χ1) is 10.5. The molecule has 1 fully saturated rings. The summed E-state index contributed by atoms with van der Waals surface area (Å²) in [6.45, 7) is 0.695. The molecule has 1 aromatic carbocycles. The minimum Gasteiger partial charge on any atom is -0.249 e. The summed E-state index contributed by atoms with van der Waals surface area (Å²) >= 11 is 5.90. The highest BCUT2D eigenvalue weighted by Gasteiger charge is 2.32. The Morgan fingerprint density at radius 2 is 2.18 bits per heavy atom. The number of piperidine rings is 1. The molecule has 1 aliphatic rings. The Labute approximate surface area is 132 Å². The van der Waals surface area contributed by atoms with Gasteiger partial charge in [-0.15, -0.1) is 0 Å². The van der Waals surface area contributed by atoms with Gasteiger partial charge in [0.2, 0.25) is 10.0 Å². The number of hydrogen-bond donors (Lipinski definition) is 0. The average Bonchev–Trinajstić information content (AvgIpc) is 3.01. The maximum Gasteiger partial charge on any atom is 0.244 e. The van der Waals surface area contributed by atoms with E-state index in [0.29, 0.717) is 19.5 Å². The van der Waals surface area contributed by atoms with Gasteiger partial charge in [-0.1, -0.05) is 11.6 Å². The third-order valence-corrected chi connectivity index (χ3v) is 6.03. The minimum absolute atomic E-state index is 0.0646. The Balaban J connectivity index is 1.88. The molecule has 1 saturated heterocycles. The predicted octanol–water partition coefficient (Wildman–Crippen LogP) is 2.10. The molecule has 1 atom stereocenters. The van der Waals surface area contributed by atoms with Gasteiger partial charge in [0.05, 0.1) is 11.1 Å². The molecule has 0 amide bonds. The van der Waals surface area contributed by atoms with E-state index >= 15 is 0 Å². The Morgan fingerprint density at radius 3 is 2.86 bits per heavy atom. The van der Waals surface area contributed by atoms with Gasteiger partial charge in [0, 0.05) is 13.1 Å². The van der Waals surface area contributed by atoms with Crippen molar-refractivity contribution < 1.29 is 12.8 Å². The fourth-order valence-corrected chi connectivity index (χ4v) is 4.61. The first-order valence-corrected chi connectivity index (χ1v) is 8.59. The van der Waals surface area contributed by atoms with Crippen LogP contribution >= 0.6 is 11.6 Å². The first-order valence-electron chi connectivity index (χ1n) is 6.78. The fourth-order valence-electron chi connectivity index (χ4n) is 2.58. The molecule has 1 aliphatic heterocycles. The van der Waals surface area contributed by atoms with E-state index < -0.39 is 15.8 Å². The van der Waals surface area contributed by atoms with Crippen molar-refractivity contribution in [2.45, 2.75) is 23.8 Å². The van der Waals surface area contributed by atoms with E-state index in [9.17, 15) is 12.8 Å². The molecule has 0 saturated carbocycles. The van der Waals surface area contributed by atoms with Crippen LogP contribution in [-0.4, -0.2) is 40.6 Å². The maximum atomic E-state index is 13.1. The average molecular weight is 345 g/mol. The molecule has 2 heterocycles. The van der Waals surface area contributed by atoms with Crippen molar-refractivity contribution in [3.8, 4) is 0 Å². The standard InChI is InChI=1S/C13H14ClFN4O2S/c14-12-6-10(15)3-4-13(12)22(20,21)18-5-1-2-11(7-18)19-9-16-8-17-19/h3-4,6,8-9,11H,1-2,5,7H2. The number of benzene rings is 1. The summed E-state index contributed by atoms with van der Waals surface area (Å²) in [5.74, 6) is -0.567. The van der Waals surface area contributed by atoms with E-state index in [2.05, 4.69) is 10.1 Å². The smallest absolute Gasteiger partial charge is 0.244 e. The highest BCUT2D eigenvalue weighted by atomic mass is 35.5. The van der Waals surface area contributed by atoms with Crippen molar-refractivity contribution >= 4 is 21.6 Å². The number of rotatable bonds is 3. The quantitative estimate of drug-likeness (QED) is 0.855. The molecule has 9 heteroatoms. The van der Waals surface area contributed by atoms with Gasteiger partial charge in [0.15, 0.2) is 0 Å². The van der Waals surface area contributed by atoms with Gasteiger partial charge in [0.25, 0.3) is 0 Å². The van der Waals surface area contributed by atoms with Crippen LogP contribution < -0.4 is 0 Å². The molecule has 1 unspecified atom stereocenters. The van der Waals surface area contributed by atoms with Crippen LogP contribution in [0.25, 0.3) is 0 Å². The van der Waals surface area contributed by atoms with Gasteiger partial charge in [-0.25, -0.2) is 22.5 Å². The fraction of sp³-hybridized carbons (Fsp3) is 0.385. The van der Waals surface area contributed by atoms with Crippen molar-refractivity contribution in [3.63, 3.8) is 0 Å². The van der Waals surface area contributed by atoms with Crippen LogP contribution in [0.3, 0.4) is 0 Å². The number of aromatic nitrogens is 3. The van der Waals surface area contributed by atoms with E-state index in [0.717, 1.165) is 18.6 Å². The summed E-state index contributed by atoms with van der Waals surface area (Å²) in [5, 5.41) is 3.96. The number of sulfonamides is 1. The second-order valence-electron chi connectivity index (χ2n) is 5.11. The highest BCUT2D eigenvalue weighted by molar-refractivity contribution is 7.89. The zero-order chi connectivity index (χ0) is 15.7. The van der Waals surface area contributed by atoms with Crippen molar-refractivity contribution in [1.29, 1.82) is 0 Å². The van der Waals surface area contributed by atoms with Crippen LogP contribution in [0.4, 0.5) is 4.39 Å². The monoisotopic (exact) mass is 344 g/mol. The van der Waals surface area contributed by atoms with Gasteiger partial charge in [-0.3, -0.25) is 0 Å². The summed E-state index contributed by atoms with van der Waals surface area (Å²) in [6, 6.07) is 3.24. The lowest BCUT2D eigenvalue weighted by Gasteiger charge is -2.31. The summed E-state index contributed by atoms with van der Waals surface area (Å²) < 4.78 is 41.6. The first kappa shape index (κ1) is 15.4. The zero-order valence-corrected chi connectivity index (χ0v) is 13.1. The Hall–Kier alpha value is -1.51. The van der Waals surface area contributed by atoms with Crippen molar-refractivity contribution in [1.82, 2.24) is 19.1 Å². The number of halogens is 2. The molecule has 0 radical (unpaired) electrons. The zero-order valence-electron chi connectivity index (χ0n) is 11.6. The lowest BCUT2D eigenvalue weighted by molar-refractivity contribution is 0.253. The molecule has 1 aromatic heterocycles. The molecule has 0 bridgehead atoms. The predicted molar refractivity (Wildman–Crippen MR) is 78.5 cm³/mol. The summed E-state index contributed by atoms with van der Waals surface area (Å²) in [6.07, 6.45) is 4.53. The van der Waals surface area contributed by atoms with Gasteiger partial charge in [-0.2, -0.15) is 9.40 Å². The Kier molecular flexibility index (Phi) is 4.16. The van der Waals surface area contributed by atoms with Crippen LogP contribution in [0.15, 0.2) is 35.7 Å². The molecule has 0 spiro atoms. The van der Waals surface area contributed by atoms with Crippen LogP contribution in [0.2, 0.25) is 5.02 Å². The number of nitrogens with zero attached hydrogens (tertiary/aromatic N) is 4. The van der Waals surface area contributed by atoms with Crippen LogP contribution in [0.1, 0.15) is 18.9 Å². The molecule has 2 aromatic rings. The van der Waals surface area contributed by atoms with Gasteiger partial charge in [0.1, 0.15) is 23.4 Å². The molecule has 3 rings (SSSR count). The van der Waals surface area contributed by atoms with E-state index in [1.165, 1.54) is 16.7 Å². The maximum absolute atomic E-state index is 13.1.